The molecule has 2 aromatic heterocycles. The second-order valence-corrected chi connectivity index (χ2v) is 6.03. The number of hydrogen-bond acceptors (Lipinski definition) is 3. The smallest absolute Gasteiger partial charge is 0.332 e. The summed E-state index contributed by atoms with van der Waals surface area (Å²) < 4.78 is 179. The molecular weight excluding hydrogens is 328 g/mol. The van der Waals surface area contributed by atoms with Crippen molar-refractivity contribution in [1.29, 1.82) is 0 Å². The lowest BCUT2D eigenvalue weighted by Crippen LogP contribution is -2.40. The van der Waals surface area contributed by atoms with E-state index in [1.165, 1.54) is 6.92 Å². The summed E-state index contributed by atoms with van der Waals surface area (Å²) in [5, 5.41) is 0. The third-order valence-electron chi connectivity index (χ3n) is 4.43. The van der Waals surface area contributed by atoms with Crippen molar-refractivity contribution in [2.24, 2.45) is 17.7 Å². The predicted octanol–water partition coefficient (Wildman–Crippen LogP) is 2.78. The van der Waals surface area contributed by atoms with Gasteiger partial charge < -0.3 is 4.98 Å². The largest absolute Gasteiger partial charge is 0.336 e. The van der Waals surface area contributed by atoms with E-state index in [4.69, 9.17) is 27.5 Å². The van der Waals surface area contributed by atoms with E-state index in [0.717, 1.165) is 0 Å². The lowest BCUT2D eigenvalue weighted by atomic mass is 9.75. The minimum atomic E-state index is -4.06. The topological polar surface area (TPSA) is 72.7 Å². The van der Waals surface area contributed by atoms with Crippen LogP contribution >= 0.6 is 0 Å². The van der Waals surface area contributed by atoms with Gasteiger partial charge in [0.05, 0.1) is 2.74 Å². The first-order valence-corrected chi connectivity index (χ1v) is 7.94. The van der Waals surface area contributed by atoms with Crippen LogP contribution in [0, 0.1) is 17.7 Å². The highest BCUT2D eigenvalue weighted by Crippen LogP contribution is 2.65. The first kappa shape index (κ1) is 5.36. The molecule has 0 amide bonds. The number of aryl methyl sites for hydroxylation is 1. The normalized spacial score (nSPS) is 63.8. The summed E-state index contributed by atoms with van der Waals surface area (Å²) in [5.74, 6) is -13.4. The third kappa shape index (κ3) is 2.01. The molecule has 4 aliphatic carbocycles. The molecule has 2 aromatic rings. The van der Waals surface area contributed by atoms with Crippen LogP contribution in [-0.2, 0) is 18.5 Å². The van der Waals surface area contributed by atoms with E-state index < -0.39 is 114 Å². The van der Waals surface area contributed by atoms with Crippen LogP contribution in [0.15, 0.2) is 9.59 Å². The summed E-state index contributed by atoms with van der Waals surface area (Å²) in [4.78, 5) is 31.2. The summed E-state index contributed by atoms with van der Waals surface area (Å²) >= 11 is 0. The molecule has 0 saturated heterocycles. The van der Waals surface area contributed by atoms with E-state index in [9.17, 15) is 11.0 Å². The van der Waals surface area contributed by atoms with Gasteiger partial charge in [0.15, 0.2) is 7.06 Å². The molecule has 4 fully saturated rings. The van der Waals surface area contributed by atoms with Gasteiger partial charge in [-0.05, 0) is 62.3 Å². The molecule has 2 atom stereocenters. The molecule has 26 heavy (non-hydrogen) atoms. The monoisotopic (exact) mass is 377 g/mol. The Bertz CT molecular complexity index is 1810. The standard InChI is InChI=1S/C20H28N4O2/c1-3-5-23-16-15(17(25)24(6-4-2)19(23)26)21-18(22-16)20-10-12-7-13(11-20)9-14(20)8-12/h12-14H,3-11H2,1-2H3,(H,21,22)/i2D3,4D2,6D2,7D2,8D2,9D2,10D2,11D2,12D,13D,14D/hD. The van der Waals surface area contributed by atoms with Crippen LogP contribution in [-0.4, -0.2) is 19.1 Å². The van der Waals surface area contributed by atoms with Crippen molar-refractivity contribution < 1.29 is 28.8 Å². The fourth-order valence-corrected chi connectivity index (χ4v) is 3.35. The summed E-state index contributed by atoms with van der Waals surface area (Å²) in [6, 6.07) is 0. The zero-order valence-corrected chi connectivity index (χ0v) is 13.5. The van der Waals surface area contributed by atoms with Gasteiger partial charge in [-0.2, -0.15) is 0 Å². The van der Waals surface area contributed by atoms with E-state index in [1.54, 1.807) is 0 Å². The van der Waals surface area contributed by atoms with E-state index in [1.807, 2.05) is 0 Å². The maximum atomic E-state index is 13.9. The fourth-order valence-electron chi connectivity index (χ4n) is 3.35. The number of H-pyrrole nitrogens is 1. The highest BCUT2D eigenvalue weighted by atomic mass is 16.2. The molecule has 6 rings (SSSR count). The average molecular weight is 378 g/mol. The molecule has 4 aliphatic rings. The van der Waals surface area contributed by atoms with Gasteiger partial charge >= 0.3 is 5.69 Å². The number of nitrogens with one attached hydrogen (secondary N) is 1. The number of fused-ring (bicyclic) bond motifs is 1. The number of hydrogen-bond donors (Lipinski definition) is 1. The zero-order valence-electron chi connectivity index (χ0n) is 34.5. The molecule has 6 nitrogen and oxygen atoms in total. The van der Waals surface area contributed by atoms with Crippen molar-refractivity contribution >= 4 is 11.2 Å². The summed E-state index contributed by atoms with van der Waals surface area (Å²) in [6.45, 7) is -6.85. The maximum absolute atomic E-state index is 13.9. The number of nitrogens with zero attached hydrogens (tertiary/aromatic N) is 3. The Morgan fingerprint density at radius 2 is 2.15 bits per heavy atom. The Morgan fingerprint density at radius 3 is 2.85 bits per heavy atom. The molecule has 4 bridgehead atoms. The van der Waals surface area contributed by atoms with Crippen LogP contribution < -0.4 is 11.2 Å². The van der Waals surface area contributed by atoms with Gasteiger partial charge in [0.2, 0.25) is 0 Å². The molecular formula is C20H28N4O2. The van der Waals surface area contributed by atoms with E-state index in [2.05, 4.69) is 4.98 Å². The quantitative estimate of drug-likeness (QED) is 0.871. The van der Waals surface area contributed by atoms with Gasteiger partial charge in [-0.3, -0.25) is 13.9 Å². The van der Waals surface area contributed by atoms with Gasteiger partial charge in [0.25, 0.3) is 5.56 Å². The number of aromatic amines is 1. The van der Waals surface area contributed by atoms with Crippen LogP contribution in [0.5, 0.6) is 0 Å². The number of rotatable bonds is 5. The van der Waals surface area contributed by atoms with Crippen LogP contribution in [0.1, 0.15) is 91.7 Å². The molecule has 0 aliphatic heterocycles. The molecule has 1 N–H and O–H groups in total. The van der Waals surface area contributed by atoms with Crippen molar-refractivity contribution in [2.75, 3.05) is 0 Å². The van der Waals surface area contributed by atoms with Gasteiger partial charge in [0.1, 0.15) is 11.3 Å². The molecule has 0 spiro atoms. The highest BCUT2D eigenvalue weighted by molar-refractivity contribution is 5.70. The zero-order chi connectivity index (χ0) is 36.7. The molecule has 2 heterocycles. The summed E-state index contributed by atoms with van der Waals surface area (Å²) in [5.41, 5.74) is -9.78. The van der Waals surface area contributed by atoms with Crippen molar-refractivity contribution in [3.63, 3.8) is 0 Å². The van der Waals surface area contributed by atoms with Crippen molar-refractivity contribution in [1.82, 2.24) is 19.1 Å². The Kier molecular flexibility index (Phi) is 1.15. The number of imidazole rings is 1. The average Bonchev–Trinajstić information content (AvgIpc) is 3.30. The third-order valence-corrected chi connectivity index (χ3v) is 4.43. The van der Waals surface area contributed by atoms with E-state index in [-0.39, 0.29) is 11.4 Å². The van der Waals surface area contributed by atoms with Gasteiger partial charge in [-0.25, -0.2) is 9.78 Å². The van der Waals surface area contributed by atoms with Crippen LogP contribution in [0.25, 0.3) is 11.2 Å². The van der Waals surface area contributed by atoms with Crippen molar-refractivity contribution in [2.45, 2.75) is 76.9 Å². The van der Waals surface area contributed by atoms with Crippen LogP contribution in [0.3, 0.4) is 0 Å². The lowest BCUT2D eigenvalue weighted by Gasteiger charge is -2.30. The number of aromatic nitrogens is 4. The molecule has 0 radical (unpaired) electrons. The highest BCUT2D eigenvalue weighted by Gasteiger charge is 2.59. The molecule has 6 heteroatoms. The maximum Gasteiger partial charge on any atom is 0.332 e. The minimum absolute atomic E-state index is 0.0330. The van der Waals surface area contributed by atoms with E-state index >= 15 is 0 Å². The molecule has 140 valence electrons. The minimum Gasteiger partial charge on any atom is -0.336 e. The Labute approximate surface area is 182 Å². The second-order valence-electron chi connectivity index (χ2n) is 6.03. The fraction of sp³-hybridized carbons (Fsp3) is 0.750. The summed E-state index contributed by atoms with van der Waals surface area (Å²) in [6.07, 6.45) is -24.1. The molecule has 2 unspecified atom stereocenters. The van der Waals surface area contributed by atoms with Gasteiger partial charge in [-0.15, -0.1) is 0 Å². The van der Waals surface area contributed by atoms with Crippen molar-refractivity contribution in [3.8, 4) is 0 Å². The Balaban J connectivity index is 2.06. The first-order chi connectivity index (χ1) is 20.7. The lowest BCUT2D eigenvalue weighted by molar-refractivity contribution is 0.262. The van der Waals surface area contributed by atoms with Gasteiger partial charge in [0, 0.05) is 43.1 Å². The van der Waals surface area contributed by atoms with Crippen LogP contribution in [0.2, 0.25) is 1.41 Å². The summed E-state index contributed by atoms with van der Waals surface area (Å²) in [7, 11) is 0. The second kappa shape index (κ2) is 5.57. The van der Waals surface area contributed by atoms with Crippen molar-refractivity contribution in [3.05, 3.63) is 26.7 Å². The Hall–Kier alpha value is -1.85. The predicted molar refractivity (Wildman–Crippen MR) is 100 cm³/mol. The van der Waals surface area contributed by atoms with Crippen LogP contribution in [0.4, 0.5) is 0 Å². The van der Waals surface area contributed by atoms with Gasteiger partial charge in [-0.1, -0.05) is 13.8 Å². The SMILES string of the molecule is [2H]n1c(C23C([2H])([2H])C4([2H])C([2H])([2H])C([2H])(C([2H])([2H])C2([2H])C4([2H])[2H])C3([2H])[2H])nc2c1c(=O)n(C([2H])([2H])C([2H])([2H])C([2H])([2H])[2H])c(=O)n2CCC. The first-order valence-electron chi connectivity index (χ1n) is 18.4. The Morgan fingerprint density at radius 1 is 1.38 bits per heavy atom. The molecule has 4 saturated carbocycles. The van der Waals surface area contributed by atoms with E-state index in [0.29, 0.717) is 4.57 Å². The molecule has 0 aromatic carbocycles.